The highest BCUT2D eigenvalue weighted by Gasteiger charge is 2.25. The number of aliphatic hydroxyl groups is 1. The Morgan fingerprint density at radius 2 is 2.14 bits per heavy atom. The third-order valence-electron chi connectivity index (χ3n) is 3.19. The molecule has 0 saturated carbocycles. The average Bonchev–Trinajstić information content (AvgIpc) is 2.79. The van der Waals surface area contributed by atoms with E-state index < -0.39 is 5.60 Å². The van der Waals surface area contributed by atoms with Crippen molar-refractivity contribution in [1.82, 2.24) is 15.2 Å². The van der Waals surface area contributed by atoms with Crippen molar-refractivity contribution >= 4 is 28.2 Å². The Morgan fingerprint density at radius 3 is 2.71 bits per heavy atom. The van der Waals surface area contributed by atoms with Gasteiger partial charge in [0.25, 0.3) is 5.91 Å². The molecular weight excluding hydrogens is 290 g/mol. The van der Waals surface area contributed by atoms with Gasteiger partial charge in [-0.1, -0.05) is 11.3 Å². The summed E-state index contributed by atoms with van der Waals surface area (Å²) in [6, 6.07) is 0. The van der Waals surface area contributed by atoms with Gasteiger partial charge in [0.05, 0.1) is 5.60 Å². The highest BCUT2D eigenvalue weighted by atomic mass is 32.1. The Bertz CT molecular complexity index is 505. The summed E-state index contributed by atoms with van der Waals surface area (Å²) in [6.45, 7) is 7.10. The standard InChI is InChI=1S/C13H23N5O2S/c1-13(2,20)8-17(3)11(19)9-10(14)16-12(21-9)18-6-4-15-5-7-18/h15,20H,4-8,14H2,1-3H3. The van der Waals surface area contributed by atoms with Crippen LogP contribution >= 0.6 is 11.3 Å². The molecule has 4 N–H and O–H groups in total. The molecule has 0 bridgehead atoms. The lowest BCUT2D eigenvalue weighted by Gasteiger charge is -2.26. The van der Waals surface area contributed by atoms with Crippen LogP contribution in [0.2, 0.25) is 0 Å². The van der Waals surface area contributed by atoms with Crippen molar-refractivity contribution in [2.75, 3.05) is 50.4 Å². The van der Waals surface area contributed by atoms with Crippen LogP contribution in [-0.2, 0) is 0 Å². The molecule has 8 heteroatoms. The van der Waals surface area contributed by atoms with Crippen LogP contribution in [-0.4, -0.2) is 66.3 Å². The Kier molecular flexibility index (Phi) is 4.70. The number of carbonyl (C=O) groups excluding carboxylic acids is 1. The predicted molar refractivity (Wildman–Crippen MR) is 84.9 cm³/mol. The van der Waals surface area contributed by atoms with Crippen molar-refractivity contribution in [2.24, 2.45) is 0 Å². The molecule has 2 heterocycles. The second-order valence-corrected chi connectivity index (χ2v) is 6.90. The Hall–Kier alpha value is -1.38. The van der Waals surface area contributed by atoms with Crippen LogP contribution < -0.4 is 16.0 Å². The normalized spacial score (nSPS) is 16.1. The molecule has 1 amide bonds. The van der Waals surface area contributed by atoms with Gasteiger partial charge < -0.3 is 26.0 Å². The first-order chi connectivity index (χ1) is 9.78. The molecule has 0 radical (unpaired) electrons. The van der Waals surface area contributed by atoms with E-state index in [0.29, 0.717) is 4.88 Å². The number of hydrogen-bond acceptors (Lipinski definition) is 7. The summed E-state index contributed by atoms with van der Waals surface area (Å²) < 4.78 is 0. The van der Waals surface area contributed by atoms with Gasteiger partial charge in [0.15, 0.2) is 5.13 Å². The summed E-state index contributed by atoms with van der Waals surface area (Å²) in [4.78, 5) is 20.8. The monoisotopic (exact) mass is 313 g/mol. The molecule has 21 heavy (non-hydrogen) atoms. The highest BCUT2D eigenvalue weighted by Crippen LogP contribution is 2.29. The number of thiazole rings is 1. The molecular formula is C13H23N5O2S. The zero-order valence-electron chi connectivity index (χ0n) is 12.7. The van der Waals surface area contributed by atoms with Crippen LogP contribution in [0.25, 0.3) is 0 Å². The fourth-order valence-electron chi connectivity index (χ4n) is 2.29. The number of aromatic nitrogens is 1. The number of nitrogen functional groups attached to an aromatic ring is 1. The quantitative estimate of drug-likeness (QED) is 0.723. The Balaban J connectivity index is 2.12. The lowest BCUT2D eigenvalue weighted by atomic mass is 10.1. The fraction of sp³-hybridized carbons (Fsp3) is 0.692. The van der Waals surface area contributed by atoms with Crippen LogP contribution in [0.4, 0.5) is 10.9 Å². The molecule has 1 aromatic rings. The van der Waals surface area contributed by atoms with Gasteiger partial charge in [-0.3, -0.25) is 4.79 Å². The number of likely N-dealkylation sites (N-methyl/N-ethyl adjacent to an activating group) is 1. The van der Waals surface area contributed by atoms with Gasteiger partial charge in [0, 0.05) is 39.8 Å². The van der Waals surface area contributed by atoms with Crippen LogP contribution in [0.15, 0.2) is 0 Å². The lowest BCUT2D eigenvalue weighted by Crippen LogP contribution is -2.43. The minimum Gasteiger partial charge on any atom is -0.389 e. The number of nitrogens with two attached hydrogens (primary N) is 1. The number of amides is 1. The van der Waals surface area contributed by atoms with Gasteiger partial charge in [0.1, 0.15) is 10.7 Å². The maximum Gasteiger partial charge on any atom is 0.267 e. The first-order valence-electron chi connectivity index (χ1n) is 6.98. The molecule has 1 fully saturated rings. The summed E-state index contributed by atoms with van der Waals surface area (Å²) in [6.07, 6.45) is 0. The molecule has 0 unspecified atom stereocenters. The summed E-state index contributed by atoms with van der Waals surface area (Å²) in [5, 5.41) is 13.9. The van der Waals surface area contributed by atoms with Gasteiger partial charge in [-0.2, -0.15) is 0 Å². The highest BCUT2D eigenvalue weighted by molar-refractivity contribution is 7.18. The zero-order valence-corrected chi connectivity index (χ0v) is 13.5. The van der Waals surface area contributed by atoms with E-state index in [0.717, 1.165) is 31.3 Å². The molecule has 1 saturated heterocycles. The van der Waals surface area contributed by atoms with Crippen LogP contribution in [0, 0.1) is 0 Å². The lowest BCUT2D eigenvalue weighted by molar-refractivity contribution is 0.0371. The van der Waals surface area contributed by atoms with Gasteiger partial charge in [-0.25, -0.2) is 4.98 Å². The SMILES string of the molecule is CN(CC(C)(C)O)C(=O)c1sc(N2CCNCC2)nc1N. The van der Waals surface area contributed by atoms with Gasteiger partial charge in [-0.05, 0) is 13.8 Å². The first kappa shape index (κ1) is 16.0. The largest absolute Gasteiger partial charge is 0.389 e. The van der Waals surface area contributed by atoms with E-state index in [1.807, 2.05) is 0 Å². The third-order valence-corrected chi connectivity index (χ3v) is 4.31. The average molecular weight is 313 g/mol. The molecule has 0 atom stereocenters. The number of carbonyl (C=O) groups is 1. The van der Waals surface area contributed by atoms with Crippen LogP contribution in [0.3, 0.4) is 0 Å². The van der Waals surface area contributed by atoms with Crippen molar-refractivity contribution < 1.29 is 9.90 Å². The van der Waals surface area contributed by atoms with E-state index in [4.69, 9.17) is 5.73 Å². The van der Waals surface area contributed by atoms with Gasteiger partial charge in [-0.15, -0.1) is 0 Å². The molecule has 1 aromatic heterocycles. The minimum atomic E-state index is -0.939. The number of rotatable bonds is 4. The number of anilines is 2. The topological polar surface area (TPSA) is 94.7 Å². The Labute approximate surface area is 128 Å². The Morgan fingerprint density at radius 1 is 1.52 bits per heavy atom. The van der Waals surface area contributed by atoms with Crippen LogP contribution in [0.5, 0.6) is 0 Å². The van der Waals surface area contributed by atoms with E-state index in [-0.39, 0.29) is 18.3 Å². The van der Waals surface area contributed by atoms with E-state index >= 15 is 0 Å². The molecule has 118 valence electrons. The fourth-order valence-corrected chi connectivity index (χ4v) is 3.32. The number of nitrogens with zero attached hydrogens (tertiary/aromatic N) is 3. The van der Waals surface area contributed by atoms with Crippen molar-refractivity contribution in [3.05, 3.63) is 4.88 Å². The summed E-state index contributed by atoms with van der Waals surface area (Å²) in [7, 11) is 1.66. The predicted octanol–water partition coefficient (Wildman–Crippen LogP) is -0.0222. The number of nitrogens with one attached hydrogen (secondary N) is 1. The molecule has 0 aliphatic carbocycles. The molecule has 7 nitrogen and oxygen atoms in total. The van der Waals surface area contributed by atoms with Crippen molar-refractivity contribution in [3.8, 4) is 0 Å². The molecule has 0 spiro atoms. The second-order valence-electron chi connectivity index (χ2n) is 5.92. The minimum absolute atomic E-state index is 0.200. The smallest absolute Gasteiger partial charge is 0.267 e. The van der Waals surface area contributed by atoms with Crippen molar-refractivity contribution in [1.29, 1.82) is 0 Å². The number of hydrogen-bond donors (Lipinski definition) is 3. The van der Waals surface area contributed by atoms with Crippen LogP contribution in [0.1, 0.15) is 23.5 Å². The van der Waals surface area contributed by atoms with E-state index in [9.17, 15) is 9.90 Å². The molecule has 1 aliphatic heterocycles. The van der Waals surface area contributed by atoms with E-state index in [2.05, 4.69) is 15.2 Å². The third kappa shape index (κ3) is 4.05. The second kappa shape index (κ2) is 6.17. The summed E-state index contributed by atoms with van der Waals surface area (Å²) >= 11 is 1.32. The molecule has 0 aromatic carbocycles. The maximum absolute atomic E-state index is 12.4. The summed E-state index contributed by atoms with van der Waals surface area (Å²) in [5.74, 6) is 0.0645. The first-order valence-corrected chi connectivity index (χ1v) is 7.79. The van der Waals surface area contributed by atoms with E-state index in [1.54, 1.807) is 20.9 Å². The van der Waals surface area contributed by atoms with Gasteiger partial charge >= 0.3 is 0 Å². The zero-order chi connectivity index (χ0) is 15.6. The molecule has 2 rings (SSSR count). The van der Waals surface area contributed by atoms with Crippen molar-refractivity contribution in [2.45, 2.75) is 19.4 Å². The van der Waals surface area contributed by atoms with Crippen molar-refractivity contribution in [3.63, 3.8) is 0 Å². The number of piperazine rings is 1. The maximum atomic E-state index is 12.4. The summed E-state index contributed by atoms with van der Waals surface area (Å²) in [5.41, 5.74) is 4.96. The van der Waals surface area contributed by atoms with E-state index in [1.165, 1.54) is 16.2 Å². The molecule has 1 aliphatic rings. The van der Waals surface area contributed by atoms with Gasteiger partial charge in [0.2, 0.25) is 0 Å².